The molecule has 0 rings (SSSR count). The monoisotopic (exact) mass is 300 g/mol. The van der Waals surface area contributed by atoms with Crippen molar-refractivity contribution in [2.45, 2.75) is 27.2 Å². The molecule has 0 aliphatic heterocycles. The normalized spacial score (nSPS) is 11.1. The molecule has 1 amide bonds. The van der Waals surface area contributed by atoms with Crippen molar-refractivity contribution in [2.75, 3.05) is 31.1 Å². The molecule has 0 unspecified atom stereocenters. The number of carbonyl (C=O) groups excluding carboxylic acids is 1. The summed E-state index contributed by atoms with van der Waals surface area (Å²) in [4.78, 5) is 11.4. The lowest BCUT2D eigenvalue weighted by atomic mass is 10.3. The van der Waals surface area contributed by atoms with E-state index in [1.54, 1.807) is 0 Å². The molecule has 0 heterocycles. The number of hydrogen-bond acceptors (Lipinski definition) is 4. The van der Waals surface area contributed by atoms with Gasteiger partial charge >= 0.3 is 0 Å². The van der Waals surface area contributed by atoms with Crippen LogP contribution in [0.25, 0.3) is 0 Å². The largest absolute Gasteiger partial charge is 0.354 e. The van der Waals surface area contributed by atoms with Crippen molar-refractivity contribution >= 4 is 28.2 Å². The van der Waals surface area contributed by atoms with Gasteiger partial charge in [-0.2, -0.15) is 0 Å². The molecule has 0 aromatic carbocycles. The van der Waals surface area contributed by atoms with Gasteiger partial charge in [0.15, 0.2) is 9.84 Å². The average Bonchev–Trinajstić information content (AvgIpc) is 2.14. The lowest BCUT2D eigenvalue weighted by Gasteiger charge is -2.08. The summed E-state index contributed by atoms with van der Waals surface area (Å²) in [5.74, 6) is -0.698. The highest BCUT2D eigenvalue weighted by atomic mass is 35.5. The molecule has 0 aliphatic carbocycles. The summed E-state index contributed by atoms with van der Waals surface area (Å²) < 4.78 is 23.0. The van der Waals surface area contributed by atoms with E-state index >= 15 is 0 Å². The van der Waals surface area contributed by atoms with E-state index in [0.717, 1.165) is 13.0 Å². The van der Waals surface area contributed by atoms with Crippen molar-refractivity contribution < 1.29 is 13.2 Å². The van der Waals surface area contributed by atoms with E-state index < -0.39 is 21.5 Å². The molecule has 0 spiro atoms. The maximum atomic E-state index is 11.5. The summed E-state index contributed by atoms with van der Waals surface area (Å²) in [6.45, 7) is 7.75. The molecule has 2 N–H and O–H groups in total. The van der Waals surface area contributed by atoms with Gasteiger partial charge in [0.05, 0.1) is 5.75 Å². The Kier molecular flexibility index (Phi) is 11.8. The molecule has 7 heteroatoms. The van der Waals surface area contributed by atoms with Crippen molar-refractivity contribution in [3.63, 3.8) is 0 Å². The van der Waals surface area contributed by atoms with E-state index in [1.165, 1.54) is 0 Å². The Bertz CT molecular complexity index is 318. The minimum atomic E-state index is -3.26. The van der Waals surface area contributed by atoms with Gasteiger partial charge in [0.2, 0.25) is 5.91 Å². The van der Waals surface area contributed by atoms with E-state index in [2.05, 4.69) is 17.6 Å². The number of halogens is 1. The third-order valence-electron chi connectivity index (χ3n) is 1.99. The predicted molar refractivity (Wildman–Crippen MR) is 76.9 cm³/mol. The zero-order valence-corrected chi connectivity index (χ0v) is 13.0. The number of carbonyl (C=O) groups is 1. The van der Waals surface area contributed by atoms with Gasteiger partial charge in [0.25, 0.3) is 0 Å². The predicted octanol–water partition coefficient (Wildman–Crippen LogP) is 0.595. The lowest BCUT2D eigenvalue weighted by molar-refractivity contribution is -0.118. The van der Waals surface area contributed by atoms with Gasteiger partial charge in [-0.25, -0.2) is 8.42 Å². The van der Waals surface area contributed by atoms with Gasteiger partial charge in [0.1, 0.15) is 5.75 Å². The number of nitrogens with one attached hydrogen (secondary N) is 2. The van der Waals surface area contributed by atoms with Crippen LogP contribution in [0.5, 0.6) is 0 Å². The van der Waals surface area contributed by atoms with E-state index in [4.69, 9.17) is 0 Å². The minimum absolute atomic E-state index is 0. The number of rotatable bonds is 9. The number of hydrogen-bond donors (Lipinski definition) is 2. The maximum Gasteiger partial charge on any atom is 0.235 e. The molecule has 0 saturated carbocycles. The Morgan fingerprint density at radius 3 is 2.28 bits per heavy atom. The molecule has 0 atom stereocenters. The molecule has 0 aromatic heterocycles. The van der Waals surface area contributed by atoms with Crippen LogP contribution in [0.1, 0.15) is 27.2 Å². The summed E-state index contributed by atoms with van der Waals surface area (Å²) in [7, 11) is -3.26. The summed E-state index contributed by atoms with van der Waals surface area (Å²) in [6.07, 6.45) is 1.04. The highest BCUT2D eigenvalue weighted by Gasteiger charge is 2.17. The van der Waals surface area contributed by atoms with E-state index in [9.17, 15) is 13.2 Å². The first kappa shape index (κ1) is 20.0. The molecule has 0 aromatic rings. The first-order valence-electron chi connectivity index (χ1n) is 6.05. The SMILES string of the molecule is CCCNCCNC(=O)CS(=O)(=O)CC(C)C.Cl. The fourth-order valence-electron chi connectivity index (χ4n) is 1.41. The Hall–Kier alpha value is -0.330. The third kappa shape index (κ3) is 12.1. The van der Waals surface area contributed by atoms with E-state index in [0.29, 0.717) is 13.1 Å². The molecule has 0 radical (unpaired) electrons. The molecule has 0 bridgehead atoms. The molecular formula is C11H25ClN2O3S. The van der Waals surface area contributed by atoms with Crippen LogP contribution in [0.2, 0.25) is 0 Å². The van der Waals surface area contributed by atoms with Crippen molar-refractivity contribution in [1.29, 1.82) is 0 Å². The van der Waals surface area contributed by atoms with Crippen LogP contribution in [0.4, 0.5) is 0 Å². The lowest BCUT2D eigenvalue weighted by Crippen LogP contribution is -2.36. The molecule has 110 valence electrons. The van der Waals surface area contributed by atoms with Gasteiger partial charge in [-0.3, -0.25) is 4.79 Å². The first-order chi connectivity index (χ1) is 7.87. The van der Waals surface area contributed by atoms with Crippen LogP contribution in [-0.4, -0.2) is 45.5 Å². The summed E-state index contributed by atoms with van der Waals surface area (Å²) in [6, 6.07) is 0. The second-order valence-electron chi connectivity index (χ2n) is 4.55. The molecular weight excluding hydrogens is 276 g/mol. The Morgan fingerprint density at radius 1 is 1.17 bits per heavy atom. The molecule has 18 heavy (non-hydrogen) atoms. The highest BCUT2D eigenvalue weighted by molar-refractivity contribution is 7.92. The summed E-state index contributed by atoms with van der Waals surface area (Å²) >= 11 is 0. The number of sulfone groups is 1. The molecule has 0 saturated heterocycles. The zero-order valence-electron chi connectivity index (χ0n) is 11.4. The van der Waals surface area contributed by atoms with Crippen LogP contribution in [0.3, 0.4) is 0 Å². The zero-order chi connectivity index (χ0) is 13.3. The van der Waals surface area contributed by atoms with E-state index in [-0.39, 0.29) is 24.1 Å². The average molecular weight is 301 g/mol. The Labute approximate surface area is 116 Å². The van der Waals surface area contributed by atoms with Gasteiger partial charge in [0, 0.05) is 13.1 Å². The second-order valence-corrected chi connectivity index (χ2v) is 6.66. The fraction of sp³-hybridized carbons (Fsp3) is 0.909. The quantitative estimate of drug-likeness (QED) is 0.611. The third-order valence-corrected chi connectivity index (χ3v) is 3.87. The topological polar surface area (TPSA) is 75.3 Å². The fourth-order valence-corrected chi connectivity index (χ4v) is 3.04. The summed E-state index contributed by atoms with van der Waals surface area (Å²) in [5, 5.41) is 5.71. The van der Waals surface area contributed by atoms with Gasteiger partial charge in [-0.05, 0) is 18.9 Å². The Morgan fingerprint density at radius 2 is 1.78 bits per heavy atom. The van der Waals surface area contributed by atoms with Crippen LogP contribution in [0, 0.1) is 5.92 Å². The Balaban J connectivity index is 0. The molecule has 0 aliphatic rings. The van der Waals surface area contributed by atoms with Crippen molar-refractivity contribution in [2.24, 2.45) is 5.92 Å². The van der Waals surface area contributed by atoms with Gasteiger partial charge in [-0.15, -0.1) is 12.4 Å². The van der Waals surface area contributed by atoms with Crippen LogP contribution < -0.4 is 10.6 Å². The maximum absolute atomic E-state index is 11.5. The van der Waals surface area contributed by atoms with Crippen LogP contribution in [-0.2, 0) is 14.6 Å². The van der Waals surface area contributed by atoms with Crippen molar-refractivity contribution in [3.8, 4) is 0 Å². The molecule has 0 fully saturated rings. The van der Waals surface area contributed by atoms with Crippen molar-refractivity contribution in [1.82, 2.24) is 10.6 Å². The molecule has 5 nitrogen and oxygen atoms in total. The smallest absolute Gasteiger partial charge is 0.235 e. The van der Waals surface area contributed by atoms with Crippen LogP contribution >= 0.6 is 12.4 Å². The standard InChI is InChI=1S/C11H24N2O3S.ClH/c1-4-5-12-6-7-13-11(14)9-17(15,16)8-10(2)3;/h10,12H,4-9H2,1-3H3,(H,13,14);1H. The number of amides is 1. The summed E-state index contributed by atoms with van der Waals surface area (Å²) in [5.41, 5.74) is 0. The van der Waals surface area contributed by atoms with E-state index in [1.807, 2.05) is 13.8 Å². The first-order valence-corrected chi connectivity index (χ1v) is 7.87. The highest BCUT2D eigenvalue weighted by Crippen LogP contribution is 2.00. The van der Waals surface area contributed by atoms with Crippen molar-refractivity contribution in [3.05, 3.63) is 0 Å². The second kappa shape index (κ2) is 10.6. The van der Waals surface area contributed by atoms with Crippen LogP contribution in [0.15, 0.2) is 0 Å². The minimum Gasteiger partial charge on any atom is -0.354 e. The van der Waals surface area contributed by atoms with Gasteiger partial charge < -0.3 is 10.6 Å². The van der Waals surface area contributed by atoms with Gasteiger partial charge in [-0.1, -0.05) is 20.8 Å².